The van der Waals surface area contributed by atoms with Crippen LogP contribution in [0.4, 0.5) is 0 Å². The summed E-state index contributed by atoms with van der Waals surface area (Å²) >= 11 is 0. The van der Waals surface area contributed by atoms with Gasteiger partial charge in [-0.05, 0) is 19.4 Å². The van der Waals surface area contributed by atoms with Gasteiger partial charge in [-0.2, -0.15) is 0 Å². The van der Waals surface area contributed by atoms with Gasteiger partial charge >= 0.3 is 0 Å². The molecule has 7 heteroatoms. The van der Waals surface area contributed by atoms with E-state index in [4.69, 9.17) is 4.74 Å². The third-order valence-electron chi connectivity index (χ3n) is 3.88. The first-order chi connectivity index (χ1) is 10.1. The molecule has 1 aliphatic rings. The van der Waals surface area contributed by atoms with E-state index >= 15 is 0 Å². The zero-order valence-corrected chi connectivity index (χ0v) is 13.4. The second-order valence-corrected chi connectivity index (χ2v) is 7.66. The summed E-state index contributed by atoms with van der Waals surface area (Å²) in [5, 5.41) is 2.99. The maximum absolute atomic E-state index is 12.3. The molecule has 0 aliphatic carbocycles. The highest BCUT2D eigenvalue weighted by atomic mass is 32.2. The summed E-state index contributed by atoms with van der Waals surface area (Å²) in [5.74, 6) is 0.800. The van der Waals surface area contributed by atoms with Crippen molar-refractivity contribution in [2.24, 2.45) is 0 Å². The first-order valence-corrected chi connectivity index (χ1v) is 9.08. The summed E-state index contributed by atoms with van der Waals surface area (Å²) < 4.78 is 29.7. The van der Waals surface area contributed by atoms with Crippen molar-refractivity contribution >= 4 is 9.84 Å². The Morgan fingerprint density at radius 1 is 1.43 bits per heavy atom. The summed E-state index contributed by atoms with van der Waals surface area (Å²) in [6.45, 7) is 2.72. The fourth-order valence-electron chi connectivity index (χ4n) is 2.85. The maximum Gasteiger partial charge on any atom is 0.216 e. The lowest BCUT2D eigenvalue weighted by atomic mass is 10.0. The molecule has 0 aromatic carbocycles. The van der Waals surface area contributed by atoms with Crippen LogP contribution >= 0.6 is 0 Å². The van der Waals surface area contributed by atoms with Crippen LogP contribution in [-0.2, 0) is 16.3 Å². The number of rotatable bonds is 6. The molecule has 118 valence electrons. The van der Waals surface area contributed by atoms with Crippen molar-refractivity contribution in [1.82, 2.24) is 15.3 Å². The number of aromatic nitrogens is 2. The van der Waals surface area contributed by atoms with E-state index in [0.717, 1.165) is 31.5 Å². The fourth-order valence-corrected chi connectivity index (χ4v) is 4.98. The van der Waals surface area contributed by atoms with Gasteiger partial charge in [0.15, 0.2) is 9.84 Å². The Bertz CT molecular complexity index is 562. The van der Waals surface area contributed by atoms with Crippen molar-refractivity contribution in [3.05, 3.63) is 18.1 Å². The highest BCUT2D eigenvalue weighted by Crippen LogP contribution is 2.24. The molecule has 2 rings (SSSR count). The van der Waals surface area contributed by atoms with Crippen LogP contribution in [0.2, 0.25) is 0 Å². The lowest BCUT2D eigenvalue weighted by molar-refractivity contribution is 0.394. The minimum absolute atomic E-state index is 0.111. The van der Waals surface area contributed by atoms with Gasteiger partial charge < -0.3 is 10.1 Å². The maximum atomic E-state index is 12.3. The summed E-state index contributed by atoms with van der Waals surface area (Å²) in [7, 11) is -1.46. The molecule has 2 unspecified atom stereocenters. The molecule has 0 amide bonds. The summed E-state index contributed by atoms with van der Waals surface area (Å²) in [4.78, 5) is 8.21. The van der Waals surface area contributed by atoms with Crippen LogP contribution in [0.5, 0.6) is 5.88 Å². The summed E-state index contributed by atoms with van der Waals surface area (Å²) in [5.41, 5.74) is 0.800. The Morgan fingerprint density at radius 3 is 2.90 bits per heavy atom. The van der Waals surface area contributed by atoms with Crippen LogP contribution in [0, 0.1) is 0 Å². The number of hydrogen-bond donors (Lipinski definition) is 1. The second kappa shape index (κ2) is 7.17. The van der Waals surface area contributed by atoms with Crippen LogP contribution in [0.25, 0.3) is 0 Å². The molecule has 1 aromatic heterocycles. The van der Waals surface area contributed by atoms with Crippen molar-refractivity contribution in [1.29, 1.82) is 0 Å². The summed E-state index contributed by atoms with van der Waals surface area (Å²) in [6.07, 6.45) is 4.49. The highest BCUT2D eigenvalue weighted by molar-refractivity contribution is 7.92. The molecule has 1 fully saturated rings. The number of nitrogens with zero attached hydrogens (tertiary/aromatic N) is 2. The number of nitrogens with one attached hydrogen (secondary N) is 1. The molecule has 0 radical (unpaired) electrons. The number of ether oxygens (including phenoxy) is 1. The van der Waals surface area contributed by atoms with Crippen LogP contribution in [0.1, 0.15) is 31.9 Å². The third kappa shape index (κ3) is 4.14. The van der Waals surface area contributed by atoms with E-state index in [9.17, 15) is 8.42 Å². The van der Waals surface area contributed by atoms with Gasteiger partial charge in [0.05, 0.1) is 18.1 Å². The Labute approximate surface area is 126 Å². The van der Waals surface area contributed by atoms with Crippen LogP contribution < -0.4 is 10.1 Å². The largest absolute Gasteiger partial charge is 0.481 e. The SMILES string of the molecule is CCNC(Cc1cc(OC)ncn1)C1CCCCS1(=O)=O. The van der Waals surface area contributed by atoms with E-state index in [2.05, 4.69) is 15.3 Å². The van der Waals surface area contributed by atoms with Crippen LogP contribution in [0.15, 0.2) is 12.4 Å². The number of hydrogen-bond acceptors (Lipinski definition) is 6. The number of likely N-dealkylation sites (N-methyl/N-ethyl adjacent to an activating group) is 1. The molecule has 2 atom stereocenters. The smallest absolute Gasteiger partial charge is 0.216 e. The molecule has 0 saturated carbocycles. The van der Waals surface area contributed by atoms with E-state index in [1.165, 1.54) is 6.33 Å². The fraction of sp³-hybridized carbons (Fsp3) is 0.714. The molecule has 1 saturated heterocycles. The van der Waals surface area contributed by atoms with Crippen molar-refractivity contribution in [2.75, 3.05) is 19.4 Å². The monoisotopic (exact) mass is 313 g/mol. The minimum atomic E-state index is -3.02. The van der Waals surface area contributed by atoms with Gasteiger partial charge in [-0.3, -0.25) is 0 Å². The number of sulfone groups is 1. The van der Waals surface area contributed by atoms with Gasteiger partial charge in [0, 0.05) is 24.2 Å². The van der Waals surface area contributed by atoms with E-state index in [1.807, 2.05) is 6.92 Å². The standard InChI is InChI=1S/C14H23N3O3S/c1-3-15-12(13-6-4-5-7-21(13,18)19)8-11-9-14(20-2)17-10-16-11/h9-10,12-13,15H,3-8H2,1-2H3. The molecular formula is C14H23N3O3S. The van der Waals surface area contributed by atoms with E-state index < -0.39 is 9.84 Å². The summed E-state index contributed by atoms with van der Waals surface area (Å²) in [6, 6.07) is 1.65. The van der Waals surface area contributed by atoms with Gasteiger partial charge in [-0.25, -0.2) is 18.4 Å². The Morgan fingerprint density at radius 2 is 2.24 bits per heavy atom. The van der Waals surface area contributed by atoms with Crippen LogP contribution in [0.3, 0.4) is 0 Å². The van der Waals surface area contributed by atoms with Gasteiger partial charge in [0.2, 0.25) is 5.88 Å². The molecule has 1 N–H and O–H groups in total. The first-order valence-electron chi connectivity index (χ1n) is 7.36. The van der Waals surface area contributed by atoms with Crippen LogP contribution in [-0.4, -0.2) is 49.1 Å². The van der Waals surface area contributed by atoms with Gasteiger partial charge in [-0.1, -0.05) is 13.3 Å². The average molecular weight is 313 g/mol. The molecule has 1 aromatic rings. The minimum Gasteiger partial charge on any atom is -0.481 e. The lowest BCUT2D eigenvalue weighted by Crippen LogP contribution is -2.48. The topological polar surface area (TPSA) is 81.2 Å². The van der Waals surface area contributed by atoms with Gasteiger partial charge in [0.25, 0.3) is 0 Å². The predicted molar refractivity (Wildman–Crippen MR) is 81.2 cm³/mol. The molecule has 21 heavy (non-hydrogen) atoms. The Kier molecular flexibility index (Phi) is 5.52. The first kappa shape index (κ1) is 16.2. The molecule has 0 bridgehead atoms. The Hall–Kier alpha value is -1.21. The Balaban J connectivity index is 2.18. The highest BCUT2D eigenvalue weighted by Gasteiger charge is 2.35. The normalized spacial score (nSPS) is 22.7. The van der Waals surface area contributed by atoms with E-state index in [0.29, 0.717) is 18.1 Å². The second-order valence-electron chi connectivity index (χ2n) is 5.32. The molecule has 1 aliphatic heterocycles. The third-order valence-corrected chi connectivity index (χ3v) is 6.23. The lowest BCUT2D eigenvalue weighted by Gasteiger charge is -2.30. The van der Waals surface area contributed by atoms with Gasteiger partial charge in [-0.15, -0.1) is 0 Å². The molecule has 6 nitrogen and oxygen atoms in total. The van der Waals surface area contributed by atoms with E-state index in [1.54, 1.807) is 13.2 Å². The molecule has 0 spiro atoms. The van der Waals surface area contributed by atoms with Crippen molar-refractivity contribution < 1.29 is 13.2 Å². The van der Waals surface area contributed by atoms with E-state index in [-0.39, 0.29) is 11.3 Å². The quantitative estimate of drug-likeness (QED) is 0.843. The average Bonchev–Trinajstić information content (AvgIpc) is 2.47. The molecule has 2 heterocycles. The van der Waals surface area contributed by atoms with Crippen molar-refractivity contribution in [3.8, 4) is 5.88 Å². The van der Waals surface area contributed by atoms with Gasteiger partial charge in [0.1, 0.15) is 6.33 Å². The zero-order valence-electron chi connectivity index (χ0n) is 12.6. The van der Waals surface area contributed by atoms with Crippen molar-refractivity contribution in [3.63, 3.8) is 0 Å². The zero-order chi connectivity index (χ0) is 15.3. The predicted octanol–water partition coefficient (Wildman–Crippen LogP) is 0.973. The molecular weight excluding hydrogens is 290 g/mol. The van der Waals surface area contributed by atoms with Crippen molar-refractivity contribution in [2.45, 2.75) is 43.9 Å². The number of methoxy groups -OCH3 is 1.